The number of halogens is 2. The third kappa shape index (κ3) is 4.17. The van der Waals surface area contributed by atoms with Crippen LogP contribution in [0.25, 0.3) is 0 Å². The van der Waals surface area contributed by atoms with E-state index in [9.17, 15) is 18.8 Å². The number of aromatic nitrogens is 3. The number of H-pyrrole nitrogens is 2. The van der Waals surface area contributed by atoms with Crippen molar-refractivity contribution in [2.45, 2.75) is 5.03 Å². The maximum absolute atomic E-state index is 13.0. The predicted molar refractivity (Wildman–Crippen MR) is 76.2 cm³/mol. The quantitative estimate of drug-likeness (QED) is 0.724. The molecule has 0 unspecified atom stereocenters. The minimum atomic E-state index is -0.727. The zero-order valence-electron chi connectivity index (χ0n) is 10.3. The Morgan fingerprint density at radius 1 is 1.43 bits per heavy atom. The second-order valence-electron chi connectivity index (χ2n) is 3.78. The van der Waals surface area contributed by atoms with Crippen LogP contribution in [-0.2, 0) is 4.79 Å². The van der Waals surface area contributed by atoms with E-state index < -0.39 is 23.0 Å². The molecule has 21 heavy (non-hydrogen) atoms. The van der Waals surface area contributed by atoms with Gasteiger partial charge in [-0.1, -0.05) is 23.4 Å². The Labute approximate surface area is 125 Å². The van der Waals surface area contributed by atoms with E-state index in [1.54, 1.807) is 0 Å². The highest BCUT2D eigenvalue weighted by molar-refractivity contribution is 7.99. The van der Waals surface area contributed by atoms with Crippen LogP contribution in [0.15, 0.2) is 32.8 Å². The summed E-state index contributed by atoms with van der Waals surface area (Å²) in [5.41, 5.74) is -1.08. The van der Waals surface area contributed by atoms with E-state index in [1.165, 1.54) is 12.1 Å². The largest absolute Gasteiger partial charge is 0.342 e. The van der Waals surface area contributed by atoms with Gasteiger partial charge < -0.3 is 5.32 Å². The molecular weight excluding hydrogens is 323 g/mol. The number of hydrogen-bond acceptors (Lipinski definition) is 5. The van der Waals surface area contributed by atoms with E-state index in [1.807, 2.05) is 4.98 Å². The molecule has 0 bridgehead atoms. The number of aromatic amines is 2. The van der Waals surface area contributed by atoms with Crippen molar-refractivity contribution in [3.63, 3.8) is 0 Å². The fourth-order valence-electron chi connectivity index (χ4n) is 1.34. The van der Waals surface area contributed by atoms with Gasteiger partial charge in [0.2, 0.25) is 5.91 Å². The first-order valence-corrected chi connectivity index (χ1v) is 6.89. The zero-order valence-corrected chi connectivity index (χ0v) is 11.8. The lowest BCUT2D eigenvalue weighted by molar-refractivity contribution is -0.113. The van der Waals surface area contributed by atoms with Crippen LogP contribution >= 0.6 is 23.4 Å². The van der Waals surface area contributed by atoms with Gasteiger partial charge >= 0.3 is 5.69 Å². The highest BCUT2D eigenvalue weighted by Crippen LogP contribution is 2.19. The Kier molecular flexibility index (Phi) is 4.76. The van der Waals surface area contributed by atoms with Crippen molar-refractivity contribution in [3.8, 4) is 0 Å². The van der Waals surface area contributed by atoms with Gasteiger partial charge in [0.15, 0.2) is 5.03 Å². The number of rotatable bonds is 4. The molecule has 2 aromatic rings. The van der Waals surface area contributed by atoms with Crippen molar-refractivity contribution in [2.75, 3.05) is 11.1 Å². The first kappa shape index (κ1) is 15.3. The fraction of sp³-hybridized carbons (Fsp3) is 0.0909. The summed E-state index contributed by atoms with van der Waals surface area (Å²) in [5, 5.41) is 7.91. The maximum Gasteiger partial charge on any atom is 0.342 e. The van der Waals surface area contributed by atoms with Gasteiger partial charge in [-0.25, -0.2) is 14.3 Å². The topological polar surface area (TPSA) is 108 Å². The number of benzene rings is 1. The van der Waals surface area contributed by atoms with Crippen molar-refractivity contribution < 1.29 is 9.18 Å². The van der Waals surface area contributed by atoms with Gasteiger partial charge in [0.05, 0.1) is 10.8 Å². The number of nitrogens with zero attached hydrogens (tertiary/aromatic N) is 1. The highest BCUT2D eigenvalue weighted by atomic mass is 35.5. The van der Waals surface area contributed by atoms with Crippen molar-refractivity contribution in [2.24, 2.45) is 0 Å². The number of carbonyl (C=O) groups excluding carboxylic acids is 1. The summed E-state index contributed by atoms with van der Waals surface area (Å²) in [6.45, 7) is 0. The third-order valence-electron chi connectivity index (χ3n) is 2.22. The van der Waals surface area contributed by atoms with Gasteiger partial charge in [0, 0.05) is 5.69 Å². The number of amides is 1. The molecule has 0 spiro atoms. The Morgan fingerprint density at radius 3 is 2.86 bits per heavy atom. The number of anilines is 1. The molecule has 1 amide bonds. The van der Waals surface area contributed by atoms with E-state index in [-0.39, 0.29) is 15.8 Å². The molecule has 3 N–H and O–H groups in total. The predicted octanol–water partition coefficient (Wildman–Crippen LogP) is 0.981. The minimum absolute atomic E-state index is 0.0399. The first-order valence-electron chi connectivity index (χ1n) is 5.52. The van der Waals surface area contributed by atoms with Crippen LogP contribution in [0, 0.1) is 5.82 Å². The van der Waals surface area contributed by atoms with Crippen molar-refractivity contribution >= 4 is 35.0 Å². The van der Waals surface area contributed by atoms with E-state index in [4.69, 9.17) is 11.6 Å². The molecule has 10 heteroatoms. The summed E-state index contributed by atoms with van der Waals surface area (Å²) in [4.78, 5) is 35.8. The lowest BCUT2D eigenvalue weighted by atomic mass is 10.3. The van der Waals surface area contributed by atoms with E-state index in [0.29, 0.717) is 5.69 Å². The van der Waals surface area contributed by atoms with Gasteiger partial charge in [-0.15, -0.1) is 0 Å². The van der Waals surface area contributed by atoms with E-state index >= 15 is 0 Å². The summed E-state index contributed by atoms with van der Waals surface area (Å²) < 4.78 is 13.0. The second-order valence-corrected chi connectivity index (χ2v) is 5.15. The Morgan fingerprint density at radius 2 is 2.19 bits per heavy atom. The van der Waals surface area contributed by atoms with Crippen molar-refractivity contribution in [1.29, 1.82) is 0 Å². The van der Waals surface area contributed by atoms with Crippen LogP contribution in [0.4, 0.5) is 10.1 Å². The Hall–Kier alpha value is -2.13. The molecule has 0 saturated carbocycles. The Bertz CT molecular complexity index is 792. The summed E-state index contributed by atoms with van der Waals surface area (Å²) in [6, 6.07) is 3.75. The molecule has 0 aliphatic rings. The maximum atomic E-state index is 13.0. The summed E-state index contributed by atoms with van der Waals surface area (Å²) in [5.74, 6) is -1.14. The van der Waals surface area contributed by atoms with Crippen molar-refractivity contribution in [1.82, 2.24) is 15.2 Å². The molecule has 2 rings (SSSR count). The molecule has 0 fully saturated rings. The second kappa shape index (κ2) is 6.55. The molecule has 0 aliphatic carbocycles. The first-order chi connectivity index (χ1) is 9.95. The molecule has 110 valence electrons. The van der Waals surface area contributed by atoms with Gasteiger partial charge in [0.1, 0.15) is 5.82 Å². The summed E-state index contributed by atoms with van der Waals surface area (Å²) in [7, 11) is 0. The van der Waals surface area contributed by atoms with Crippen LogP contribution in [-0.4, -0.2) is 26.8 Å². The molecule has 0 radical (unpaired) electrons. The standard InChI is InChI=1S/C11H8ClFN4O3S/c12-6-3-5(1-2-7(6)13)14-8(18)4-21-10-9(19)15-11(20)17-16-10/h1-3H,4H2,(H,14,18)(H2,15,17,19,20). The number of thioether (sulfide) groups is 1. The molecular formula is C11H8ClFN4O3S. The van der Waals surface area contributed by atoms with Gasteiger partial charge in [0.25, 0.3) is 5.56 Å². The fourth-order valence-corrected chi connectivity index (χ4v) is 2.15. The molecule has 7 nitrogen and oxygen atoms in total. The van der Waals surface area contributed by atoms with Crippen LogP contribution < -0.4 is 16.6 Å². The summed E-state index contributed by atoms with van der Waals surface area (Å²) in [6.07, 6.45) is 0. The molecule has 1 aromatic heterocycles. The molecule has 0 aliphatic heterocycles. The number of hydrogen-bond donors (Lipinski definition) is 3. The highest BCUT2D eigenvalue weighted by Gasteiger charge is 2.09. The molecule has 0 saturated heterocycles. The smallest absolute Gasteiger partial charge is 0.325 e. The number of nitrogens with one attached hydrogen (secondary N) is 3. The van der Waals surface area contributed by atoms with Crippen molar-refractivity contribution in [3.05, 3.63) is 49.9 Å². The van der Waals surface area contributed by atoms with Crippen LogP contribution in [0.2, 0.25) is 5.02 Å². The van der Waals surface area contributed by atoms with E-state index in [0.717, 1.165) is 17.8 Å². The average molecular weight is 331 g/mol. The number of carbonyl (C=O) groups is 1. The third-order valence-corrected chi connectivity index (χ3v) is 3.47. The van der Waals surface area contributed by atoms with E-state index in [2.05, 4.69) is 15.5 Å². The summed E-state index contributed by atoms with van der Waals surface area (Å²) >= 11 is 6.43. The lowest BCUT2D eigenvalue weighted by Crippen LogP contribution is -2.25. The van der Waals surface area contributed by atoms with Crippen LogP contribution in [0.5, 0.6) is 0 Å². The lowest BCUT2D eigenvalue weighted by Gasteiger charge is -2.05. The average Bonchev–Trinajstić information content (AvgIpc) is 2.42. The van der Waals surface area contributed by atoms with Gasteiger partial charge in [-0.2, -0.15) is 5.10 Å². The van der Waals surface area contributed by atoms with Gasteiger partial charge in [-0.05, 0) is 18.2 Å². The normalized spacial score (nSPS) is 10.4. The Balaban J connectivity index is 1.97. The van der Waals surface area contributed by atoms with Crippen LogP contribution in [0.1, 0.15) is 0 Å². The van der Waals surface area contributed by atoms with Crippen LogP contribution in [0.3, 0.4) is 0 Å². The molecule has 1 heterocycles. The zero-order chi connectivity index (χ0) is 15.4. The minimum Gasteiger partial charge on any atom is -0.325 e. The molecule has 0 atom stereocenters. The van der Waals surface area contributed by atoms with Gasteiger partial charge in [-0.3, -0.25) is 14.6 Å². The molecule has 1 aromatic carbocycles. The SMILES string of the molecule is O=C(CSc1n[nH]c(=O)[nH]c1=O)Nc1ccc(F)c(Cl)c1. The monoisotopic (exact) mass is 330 g/mol.